The number of hydrogen-bond acceptors (Lipinski definition) is 3. The highest BCUT2D eigenvalue weighted by Gasteiger charge is 2.31. The zero-order valence-electron chi connectivity index (χ0n) is 18.3. The van der Waals surface area contributed by atoms with Crippen molar-refractivity contribution in [2.75, 3.05) is 29.9 Å². The molecule has 30 heavy (non-hydrogen) atoms. The Bertz CT molecular complexity index is 804. The number of rotatable bonds is 4. The highest BCUT2D eigenvalue weighted by molar-refractivity contribution is 6.34. The summed E-state index contributed by atoms with van der Waals surface area (Å²) in [7, 11) is 0. The Balaban J connectivity index is 1.44. The van der Waals surface area contributed by atoms with Crippen molar-refractivity contribution in [3.8, 4) is 0 Å². The van der Waals surface area contributed by atoms with Gasteiger partial charge in [0, 0.05) is 32.2 Å². The topological polar surface area (TPSA) is 52.7 Å². The molecule has 5 nitrogen and oxygen atoms in total. The fraction of sp³-hybridized carbons (Fsp3) is 0.667. The van der Waals surface area contributed by atoms with Gasteiger partial charge in [-0.25, -0.2) is 0 Å². The normalized spacial score (nSPS) is 26.4. The fourth-order valence-corrected chi connectivity index (χ4v) is 5.81. The Hall–Kier alpha value is -1.75. The second-order valence-electron chi connectivity index (χ2n) is 9.50. The van der Waals surface area contributed by atoms with Crippen LogP contribution in [0.4, 0.5) is 11.4 Å². The van der Waals surface area contributed by atoms with Gasteiger partial charge in [0.05, 0.1) is 10.7 Å². The maximum atomic E-state index is 12.9. The summed E-state index contributed by atoms with van der Waals surface area (Å²) >= 11 is 6.70. The van der Waals surface area contributed by atoms with E-state index in [2.05, 4.69) is 23.2 Å². The van der Waals surface area contributed by atoms with Gasteiger partial charge in [-0.05, 0) is 68.1 Å². The van der Waals surface area contributed by atoms with Crippen LogP contribution in [0.3, 0.4) is 0 Å². The molecule has 6 heteroatoms. The molecule has 2 fully saturated rings. The summed E-state index contributed by atoms with van der Waals surface area (Å²) in [4.78, 5) is 28.9. The number of nitrogens with zero attached hydrogens (tertiary/aromatic N) is 2. The number of benzene rings is 1. The molecule has 0 bridgehead atoms. The van der Waals surface area contributed by atoms with Crippen LogP contribution >= 0.6 is 11.6 Å². The Labute approximate surface area is 185 Å². The molecule has 0 unspecified atom stereocenters. The number of carbonyl (C=O) groups is 2. The molecule has 2 aliphatic heterocycles. The number of nitrogens with one attached hydrogen (secondary N) is 1. The van der Waals surface area contributed by atoms with Crippen LogP contribution in [0.15, 0.2) is 12.1 Å². The quantitative estimate of drug-likeness (QED) is 0.739. The Morgan fingerprint density at radius 3 is 2.60 bits per heavy atom. The molecule has 4 rings (SSSR count). The van der Waals surface area contributed by atoms with Crippen molar-refractivity contribution in [3.63, 3.8) is 0 Å². The van der Waals surface area contributed by atoms with E-state index in [-0.39, 0.29) is 17.9 Å². The molecule has 0 aromatic heterocycles. The van der Waals surface area contributed by atoms with Gasteiger partial charge in [-0.1, -0.05) is 31.4 Å². The second kappa shape index (κ2) is 9.17. The maximum absolute atomic E-state index is 12.9. The first-order valence-electron chi connectivity index (χ1n) is 11.6. The maximum Gasteiger partial charge on any atom is 0.247 e. The van der Waals surface area contributed by atoms with E-state index in [9.17, 15) is 9.59 Å². The minimum atomic E-state index is -0.381. The van der Waals surface area contributed by atoms with Crippen molar-refractivity contribution >= 4 is 34.8 Å². The molecule has 1 aromatic rings. The van der Waals surface area contributed by atoms with Crippen LogP contribution in [-0.2, 0) is 16.0 Å². The fourth-order valence-electron chi connectivity index (χ4n) is 5.45. The predicted molar refractivity (Wildman–Crippen MR) is 122 cm³/mol. The molecule has 2 heterocycles. The lowest BCUT2D eigenvalue weighted by molar-refractivity contribution is -0.138. The van der Waals surface area contributed by atoms with Crippen LogP contribution in [0.1, 0.15) is 64.4 Å². The van der Waals surface area contributed by atoms with Crippen LogP contribution in [-0.4, -0.2) is 42.4 Å². The third kappa shape index (κ3) is 4.61. The van der Waals surface area contributed by atoms with E-state index in [1.807, 2.05) is 6.07 Å². The molecule has 0 spiro atoms. The van der Waals surface area contributed by atoms with Gasteiger partial charge >= 0.3 is 0 Å². The third-order valence-electron chi connectivity index (χ3n) is 7.20. The summed E-state index contributed by atoms with van der Waals surface area (Å²) in [6, 6.07) is 3.57. The van der Waals surface area contributed by atoms with E-state index >= 15 is 0 Å². The van der Waals surface area contributed by atoms with Gasteiger partial charge in [0.1, 0.15) is 6.04 Å². The molecular formula is C24H34ClN3O2. The smallest absolute Gasteiger partial charge is 0.247 e. The van der Waals surface area contributed by atoms with Crippen LogP contribution in [0, 0.1) is 11.8 Å². The van der Waals surface area contributed by atoms with Gasteiger partial charge in [-0.2, -0.15) is 0 Å². The highest BCUT2D eigenvalue weighted by Crippen LogP contribution is 2.40. The average molecular weight is 432 g/mol. The molecule has 1 aliphatic carbocycles. The summed E-state index contributed by atoms with van der Waals surface area (Å²) in [6.07, 6.45) is 8.92. The van der Waals surface area contributed by atoms with E-state index in [4.69, 9.17) is 11.6 Å². The Kier molecular flexibility index (Phi) is 6.57. The van der Waals surface area contributed by atoms with Gasteiger partial charge in [0.2, 0.25) is 11.8 Å². The number of carbonyl (C=O) groups excluding carboxylic acids is 2. The summed E-state index contributed by atoms with van der Waals surface area (Å²) in [5, 5.41) is 3.75. The standard InChI is InChI=1S/C24H34ClN3O2/c1-16-6-8-18(9-7-16)15-27-12-10-19-13-20(14-21(25)23(19)27)26-24(30)22-5-3-4-11-28(22)17(2)29/h13-14,16,18,22H,3-12,15H2,1-2H3,(H,26,30)/t16?,18?,22-/m1/s1. The molecule has 2 amide bonds. The lowest BCUT2D eigenvalue weighted by Gasteiger charge is -2.34. The van der Waals surface area contributed by atoms with E-state index < -0.39 is 0 Å². The first-order valence-corrected chi connectivity index (χ1v) is 12.0. The van der Waals surface area contributed by atoms with Crippen molar-refractivity contribution in [1.82, 2.24) is 4.90 Å². The van der Waals surface area contributed by atoms with Crippen molar-refractivity contribution in [2.45, 2.75) is 71.3 Å². The van der Waals surface area contributed by atoms with Gasteiger partial charge in [-0.15, -0.1) is 0 Å². The van der Waals surface area contributed by atoms with Crippen LogP contribution in [0.5, 0.6) is 0 Å². The first-order chi connectivity index (χ1) is 14.4. The number of halogens is 1. The molecule has 0 radical (unpaired) electrons. The van der Waals surface area contributed by atoms with Gasteiger partial charge in [0.15, 0.2) is 0 Å². The van der Waals surface area contributed by atoms with E-state index in [0.717, 1.165) is 67.0 Å². The van der Waals surface area contributed by atoms with Gasteiger partial charge in [0.25, 0.3) is 0 Å². The second-order valence-corrected chi connectivity index (χ2v) is 9.91. The molecular weight excluding hydrogens is 398 g/mol. The number of hydrogen-bond donors (Lipinski definition) is 1. The largest absolute Gasteiger partial charge is 0.369 e. The number of fused-ring (bicyclic) bond motifs is 1. The zero-order chi connectivity index (χ0) is 21.3. The first kappa shape index (κ1) is 21.5. The molecule has 1 aromatic carbocycles. The summed E-state index contributed by atoms with van der Waals surface area (Å²) in [5.74, 6) is 1.48. The number of amides is 2. The third-order valence-corrected chi connectivity index (χ3v) is 7.49. The molecule has 1 saturated carbocycles. The van der Waals surface area contributed by atoms with Crippen molar-refractivity contribution < 1.29 is 9.59 Å². The lowest BCUT2D eigenvalue weighted by atomic mass is 9.83. The van der Waals surface area contributed by atoms with Crippen LogP contribution in [0.25, 0.3) is 0 Å². The van der Waals surface area contributed by atoms with E-state index in [1.165, 1.54) is 31.2 Å². The van der Waals surface area contributed by atoms with Crippen LogP contribution in [0.2, 0.25) is 5.02 Å². The van der Waals surface area contributed by atoms with Gasteiger partial charge in [-0.3, -0.25) is 9.59 Å². The predicted octanol–water partition coefficient (Wildman–Crippen LogP) is 4.87. The summed E-state index contributed by atoms with van der Waals surface area (Å²) in [5.41, 5.74) is 3.11. The lowest BCUT2D eigenvalue weighted by Crippen LogP contribution is -2.49. The van der Waals surface area contributed by atoms with Crippen molar-refractivity contribution in [2.24, 2.45) is 11.8 Å². The monoisotopic (exact) mass is 431 g/mol. The van der Waals surface area contributed by atoms with Crippen LogP contribution < -0.4 is 10.2 Å². The molecule has 3 aliphatic rings. The Morgan fingerprint density at radius 1 is 1.10 bits per heavy atom. The molecule has 1 N–H and O–H groups in total. The Morgan fingerprint density at radius 2 is 1.87 bits per heavy atom. The summed E-state index contributed by atoms with van der Waals surface area (Å²) in [6.45, 7) is 6.64. The van der Waals surface area contributed by atoms with Gasteiger partial charge < -0.3 is 15.1 Å². The van der Waals surface area contributed by atoms with Crippen molar-refractivity contribution in [3.05, 3.63) is 22.7 Å². The minimum absolute atomic E-state index is 0.0328. The molecule has 1 saturated heterocycles. The average Bonchev–Trinajstić information content (AvgIpc) is 3.12. The minimum Gasteiger partial charge on any atom is -0.369 e. The highest BCUT2D eigenvalue weighted by atomic mass is 35.5. The van der Waals surface area contributed by atoms with E-state index in [0.29, 0.717) is 6.54 Å². The van der Waals surface area contributed by atoms with Crippen molar-refractivity contribution in [1.29, 1.82) is 0 Å². The zero-order valence-corrected chi connectivity index (χ0v) is 19.0. The summed E-state index contributed by atoms with van der Waals surface area (Å²) < 4.78 is 0. The molecule has 164 valence electrons. The number of anilines is 2. The van der Waals surface area contributed by atoms with E-state index in [1.54, 1.807) is 11.8 Å². The number of piperidine rings is 1. The molecule has 1 atom stereocenters. The number of likely N-dealkylation sites (tertiary alicyclic amines) is 1. The SMILES string of the molecule is CC(=O)N1CCCC[C@@H]1C(=O)Nc1cc(Cl)c2c(c1)CCN2CC1CCC(C)CC1.